The van der Waals surface area contributed by atoms with Gasteiger partial charge in [-0.3, -0.25) is 4.79 Å². The molecular weight excluding hydrogens is 232 g/mol. The van der Waals surface area contributed by atoms with E-state index in [1.165, 1.54) is 0 Å². The third-order valence-electron chi connectivity index (χ3n) is 2.50. The van der Waals surface area contributed by atoms with Gasteiger partial charge in [-0.2, -0.15) is 0 Å². The van der Waals surface area contributed by atoms with Crippen molar-refractivity contribution in [2.45, 2.75) is 26.4 Å². The zero-order valence-corrected chi connectivity index (χ0v) is 10.8. The number of hydrogen-bond acceptors (Lipinski definition) is 4. The van der Waals surface area contributed by atoms with Gasteiger partial charge in [-0.15, -0.1) is 0 Å². The highest BCUT2D eigenvalue weighted by molar-refractivity contribution is 5.92. The number of amides is 1. The van der Waals surface area contributed by atoms with Gasteiger partial charge >= 0.3 is 0 Å². The van der Waals surface area contributed by atoms with Crippen LogP contribution in [0.2, 0.25) is 0 Å². The number of benzene rings is 1. The molecule has 1 aromatic carbocycles. The van der Waals surface area contributed by atoms with Crippen LogP contribution >= 0.6 is 0 Å². The zero-order chi connectivity index (χ0) is 13.5. The molecule has 0 bridgehead atoms. The Morgan fingerprint density at radius 2 is 2.28 bits per heavy atom. The molecule has 0 aliphatic carbocycles. The molecule has 4 N–H and O–H groups in total. The average molecular weight is 252 g/mol. The van der Waals surface area contributed by atoms with Gasteiger partial charge in [0.25, 0.3) is 0 Å². The molecule has 0 spiro atoms. The van der Waals surface area contributed by atoms with E-state index in [-0.39, 0.29) is 24.2 Å². The molecule has 1 amide bonds. The minimum atomic E-state index is -0.290. The Morgan fingerprint density at radius 1 is 1.56 bits per heavy atom. The van der Waals surface area contributed by atoms with Gasteiger partial charge in [0.1, 0.15) is 5.75 Å². The summed E-state index contributed by atoms with van der Waals surface area (Å²) in [7, 11) is 0. The quantitative estimate of drug-likeness (QED) is 0.668. The van der Waals surface area contributed by atoms with Crippen LogP contribution in [0.3, 0.4) is 0 Å². The van der Waals surface area contributed by atoms with Crippen LogP contribution in [-0.4, -0.2) is 30.3 Å². The number of nitrogens with two attached hydrogens (primary N) is 1. The summed E-state index contributed by atoms with van der Waals surface area (Å²) in [5.74, 6) is -0.172. The smallest absolute Gasteiger partial charge is 0.227 e. The van der Waals surface area contributed by atoms with E-state index in [0.717, 1.165) is 5.56 Å². The SMILES string of the molecule is CCOC(CN)CC(=O)Nc1cc(C)ccc1O. The van der Waals surface area contributed by atoms with Crippen LogP contribution in [0.1, 0.15) is 18.9 Å². The number of phenolic OH excluding ortho intramolecular Hbond substituents is 1. The molecule has 1 atom stereocenters. The Hall–Kier alpha value is -1.59. The highest BCUT2D eigenvalue weighted by Crippen LogP contribution is 2.24. The number of rotatable bonds is 6. The van der Waals surface area contributed by atoms with Crippen molar-refractivity contribution in [2.75, 3.05) is 18.5 Å². The Kier molecular flexibility index (Phi) is 5.61. The predicted octanol–water partition coefficient (Wildman–Crippen LogP) is 1.39. The molecule has 100 valence electrons. The Balaban J connectivity index is 2.61. The lowest BCUT2D eigenvalue weighted by Crippen LogP contribution is -2.29. The van der Waals surface area contributed by atoms with E-state index in [2.05, 4.69) is 5.32 Å². The zero-order valence-electron chi connectivity index (χ0n) is 10.8. The minimum Gasteiger partial charge on any atom is -0.506 e. The van der Waals surface area contributed by atoms with Crippen LogP contribution in [0, 0.1) is 6.92 Å². The summed E-state index contributed by atoms with van der Waals surface area (Å²) in [5, 5.41) is 12.3. The van der Waals surface area contributed by atoms with Crippen molar-refractivity contribution >= 4 is 11.6 Å². The van der Waals surface area contributed by atoms with E-state index in [0.29, 0.717) is 18.8 Å². The van der Waals surface area contributed by atoms with E-state index in [1.807, 2.05) is 13.8 Å². The normalized spacial score (nSPS) is 12.2. The summed E-state index contributed by atoms with van der Waals surface area (Å²) in [6.45, 7) is 4.55. The fourth-order valence-corrected chi connectivity index (χ4v) is 1.60. The topological polar surface area (TPSA) is 84.6 Å². The van der Waals surface area contributed by atoms with Crippen LogP contribution in [0.25, 0.3) is 0 Å². The summed E-state index contributed by atoms with van der Waals surface area (Å²) < 4.78 is 5.31. The summed E-state index contributed by atoms with van der Waals surface area (Å²) in [5.41, 5.74) is 6.87. The first-order chi connectivity index (χ1) is 8.56. The van der Waals surface area contributed by atoms with Crippen LogP contribution in [0.15, 0.2) is 18.2 Å². The fourth-order valence-electron chi connectivity index (χ4n) is 1.60. The summed E-state index contributed by atoms with van der Waals surface area (Å²) in [6.07, 6.45) is -0.112. The summed E-state index contributed by atoms with van der Waals surface area (Å²) >= 11 is 0. The molecule has 0 fully saturated rings. The minimum absolute atomic E-state index is 0.0506. The van der Waals surface area contributed by atoms with Crippen LogP contribution in [0.5, 0.6) is 5.75 Å². The van der Waals surface area contributed by atoms with Gasteiger partial charge in [0.15, 0.2) is 0 Å². The number of ether oxygens (including phenoxy) is 1. The number of phenols is 1. The molecule has 18 heavy (non-hydrogen) atoms. The molecule has 0 aromatic heterocycles. The molecule has 0 aliphatic heterocycles. The third kappa shape index (κ3) is 4.35. The van der Waals surface area contributed by atoms with Crippen LogP contribution < -0.4 is 11.1 Å². The van der Waals surface area contributed by atoms with E-state index in [1.54, 1.807) is 18.2 Å². The van der Waals surface area contributed by atoms with Crippen molar-refractivity contribution in [1.82, 2.24) is 0 Å². The Morgan fingerprint density at radius 3 is 2.89 bits per heavy atom. The molecule has 0 heterocycles. The number of anilines is 1. The highest BCUT2D eigenvalue weighted by atomic mass is 16.5. The van der Waals surface area contributed by atoms with Crippen LogP contribution in [0.4, 0.5) is 5.69 Å². The molecule has 0 radical (unpaired) electrons. The van der Waals surface area contributed by atoms with Crippen molar-refractivity contribution in [2.24, 2.45) is 5.73 Å². The largest absolute Gasteiger partial charge is 0.506 e. The maximum Gasteiger partial charge on any atom is 0.227 e. The molecular formula is C13H20N2O3. The van der Waals surface area contributed by atoms with E-state index in [9.17, 15) is 9.90 Å². The maximum atomic E-state index is 11.8. The number of carbonyl (C=O) groups is 1. The standard InChI is InChI=1S/C13H20N2O3/c1-3-18-10(8-14)7-13(17)15-11-6-9(2)4-5-12(11)16/h4-6,10,16H,3,7-8,14H2,1-2H3,(H,15,17). The first kappa shape index (κ1) is 14.5. The second kappa shape index (κ2) is 6.98. The van der Waals surface area contributed by atoms with Gasteiger partial charge in [0.05, 0.1) is 18.2 Å². The van der Waals surface area contributed by atoms with Crippen molar-refractivity contribution in [3.63, 3.8) is 0 Å². The molecule has 5 nitrogen and oxygen atoms in total. The highest BCUT2D eigenvalue weighted by Gasteiger charge is 2.13. The van der Waals surface area contributed by atoms with Gasteiger partial charge in [-0.05, 0) is 31.5 Å². The van der Waals surface area contributed by atoms with Crippen molar-refractivity contribution in [3.8, 4) is 5.75 Å². The molecule has 0 saturated carbocycles. The summed E-state index contributed by atoms with van der Waals surface area (Å²) in [4.78, 5) is 11.8. The van der Waals surface area contributed by atoms with Crippen molar-refractivity contribution in [1.29, 1.82) is 0 Å². The van der Waals surface area contributed by atoms with Crippen molar-refractivity contribution in [3.05, 3.63) is 23.8 Å². The lowest BCUT2D eigenvalue weighted by Gasteiger charge is -2.15. The number of carbonyl (C=O) groups excluding carboxylic acids is 1. The molecule has 5 heteroatoms. The third-order valence-corrected chi connectivity index (χ3v) is 2.50. The summed E-state index contributed by atoms with van der Waals surface area (Å²) in [6, 6.07) is 5.03. The number of nitrogens with one attached hydrogen (secondary N) is 1. The second-order valence-electron chi connectivity index (χ2n) is 4.09. The Bertz CT molecular complexity index is 407. The molecule has 1 aromatic rings. The lowest BCUT2D eigenvalue weighted by atomic mass is 10.2. The second-order valence-corrected chi connectivity index (χ2v) is 4.09. The predicted molar refractivity (Wildman–Crippen MR) is 70.6 cm³/mol. The first-order valence-corrected chi connectivity index (χ1v) is 5.98. The number of aromatic hydroxyl groups is 1. The van der Waals surface area contributed by atoms with E-state index >= 15 is 0 Å². The van der Waals surface area contributed by atoms with E-state index in [4.69, 9.17) is 10.5 Å². The Labute approximate surface area is 107 Å². The number of hydrogen-bond donors (Lipinski definition) is 3. The number of aryl methyl sites for hydroxylation is 1. The fraction of sp³-hybridized carbons (Fsp3) is 0.462. The molecule has 0 saturated heterocycles. The van der Waals surface area contributed by atoms with Gasteiger partial charge < -0.3 is 20.9 Å². The van der Waals surface area contributed by atoms with Crippen molar-refractivity contribution < 1.29 is 14.6 Å². The average Bonchev–Trinajstić information content (AvgIpc) is 2.33. The van der Waals surface area contributed by atoms with Gasteiger partial charge in [0.2, 0.25) is 5.91 Å². The maximum absolute atomic E-state index is 11.8. The van der Waals surface area contributed by atoms with Crippen LogP contribution in [-0.2, 0) is 9.53 Å². The first-order valence-electron chi connectivity index (χ1n) is 5.98. The lowest BCUT2D eigenvalue weighted by molar-refractivity contribution is -0.118. The van der Waals surface area contributed by atoms with Gasteiger partial charge in [-0.1, -0.05) is 6.07 Å². The van der Waals surface area contributed by atoms with E-state index < -0.39 is 0 Å². The molecule has 1 unspecified atom stereocenters. The van der Waals surface area contributed by atoms with Gasteiger partial charge in [-0.25, -0.2) is 0 Å². The van der Waals surface area contributed by atoms with Gasteiger partial charge in [0, 0.05) is 13.2 Å². The molecule has 1 rings (SSSR count). The molecule has 0 aliphatic rings. The monoisotopic (exact) mass is 252 g/mol.